The van der Waals surface area contributed by atoms with Crippen LogP contribution < -0.4 is 9.62 Å². The molecule has 2 heterocycles. The Balaban J connectivity index is 1.71. The van der Waals surface area contributed by atoms with Crippen molar-refractivity contribution < 1.29 is 13.2 Å². The SMILES string of the molecule is O=C(Nc1ccccc1)c1n[nH]c2ccc(N3CCCS3(=O)=O)cc12. The Bertz CT molecular complexity index is 1040. The number of benzene rings is 2. The highest BCUT2D eigenvalue weighted by Crippen LogP contribution is 2.28. The van der Waals surface area contributed by atoms with Gasteiger partial charge in [0, 0.05) is 17.6 Å². The van der Waals surface area contributed by atoms with Gasteiger partial charge in [-0.15, -0.1) is 0 Å². The summed E-state index contributed by atoms with van der Waals surface area (Å²) in [5.74, 6) is -0.198. The number of hydrogen-bond donors (Lipinski definition) is 2. The van der Waals surface area contributed by atoms with Gasteiger partial charge in [0.25, 0.3) is 5.91 Å². The average molecular weight is 356 g/mol. The molecule has 0 aliphatic carbocycles. The van der Waals surface area contributed by atoms with Crippen LogP contribution in [0.1, 0.15) is 16.9 Å². The number of para-hydroxylation sites is 1. The molecule has 4 rings (SSSR count). The molecule has 3 aromatic rings. The zero-order valence-electron chi connectivity index (χ0n) is 13.3. The molecule has 0 saturated carbocycles. The molecule has 25 heavy (non-hydrogen) atoms. The lowest BCUT2D eigenvalue weighted by atomic mass is 10.1. The molecule has 2 N–H and O–H groups in total. The van der Waals surface area contributed by atoms with E-state index in [2.05, 4.69) is 15.5 Å². The van der Waals surface area contributed by atoms with Crippen LogP contribution in [0.2, 0.25) is 0 Å². The third-order valence-corrected chi connectivity index (χ3v) is 6.05. The molecule has 2 aromatic carbocycles. The maximum Gasteiger partial charge on any atom is 0.276 e. The van der Waals surface area contributed by atoms with Crippen molar-refractivity contribution in [2.75, 3.05) is 21.9 Å². The van der Waals surface area contributed by atoms with Crippen LogP contribution in [-0.2, 0) is 10.0 Å². The van der Waals surface area contributed by atoms with E-state index in [1.54, 1.807) is 30.3 Å². The summed E-state index contributed by atoms with van der Waals surface area (Å²) in [6.45, 7) is 0.456. The fraction of sp³-hybridized carbons (Fsp3) is 0.176. The summed E-state index contributed by atoms with van der Waals surface area (Å²) in [7, 11) is -3.27. The van der Waals surface area contributed by atoms with Crippen molar-refractivity contribution in [1.82, 2.24) is 10.2 Å². The van der Waals surface area contributed by atoms with Gasteiger partial charge in [-0.25, -0.2) is 8.42 Å². The number of carbonyl (C=O) groups is 1. The molecule has 0 spiro atoms. The molecule has 1 saturated heterocycles. The Labute approximate surface area is 144 Å². The molecule has 0 bridgehead atoms. The molecule has 7 nitrogen and oxygen atoms in total. The minimum absolute atomic E-state index is 0.151. The Morgan fingerprint density at radius 2 is 1.96 bits per heavy atom. The number of fused-ring (bicyclic) bond motifs is 1. The Hall–Kier alpha value is -2.87. The summed E-state index contributed by atoms with van der Waals surface area (Å²) in [4.78, 5) is 12.5. The summed E-state index contributed by atoms with van der Waals surface area (Å²) in [6, 6.07) is 14.3. The van der Waals surface area contributed by atoms with Gasteiger partial charge in [0.1, 0.15) is 0 Å². The standard InChI is InChI=1S/C17H16N4O3S/c22-17(18-12-5-2-1-3-6-12)16-14-11-13(7-8-15(14)19-20-16)21-9-4-10-25(21,23)24/h1-3,5-8,11H,4,9-10H2,(H,18,22)(H,19,20). The van der Waals surface area contributed by atoms with Gasteiger partial charge in [-0.2, -0.15) is 5.10 Å². The van der Waals surface area contributed by atoms with Crippen molar-refractivity contribution in [3.63, 3.8) is 0 Å². The van der Waals surface area contributed by atoms with Gasteiger partial charge in [-0.3, -0.25) is 14.2 Å². The first kappa shape index (κ1) is 15.6. The van der Waals surface area contributed by atoms with Crippen molar-refractivity contribution >= 4 is 38.2 Å². The highest BCUT2D eigenvalue weighted by molar-refractivity contribution is 7.93. The number of amides is 1. The van der Waals surface area contributed by atoms with Crippen molar-refractivity contribution in [2.24, 2.45) is 0 Å². The predicted molar refractivity (Wildman–Crippen MR) is 96.2 cm³/mol. The highest BCUT2D eigenvalue weighted by Gasteiger charge is 2.29. The van der Waals surface area contributed by atoms with Crippen LogP contribution in [0, 0.1) is 0 Å². The zero-order chi connectivity index (χ0) is 17.4. The monoisotopic (exact) mass is 356 g/mol. The van der Waals surface area contributed by atoms with E-state index in [0.717, 1.165) is 0 Å². The minimum atomic E-state index is -3.27. The maximum absolute atomic E-state index is 12.5. The second-order valence-electron chi connectivity index (χ2n) is 5.86. The molecule has 0 radical (unpaired) electrons. The van der Waals surface area contributed by atoms with Crippen molar-refractivity contribution in [2.45, 2.75) is 6.42 Å². The summed E-state index contributed by atoms with van der Waals surface area (Å²) in [6.07, 6.45) is 0.604. The summed E-state index contributed by atoms with van der Waals surface area (Å²) >= 11 is 0. The minimum Gasteiger partial charge on any atom is -0.321 e. The van der Waals surface area contributed by atoms with Gasteiger partial charge in [-0.05, 0) is 36.8 Å². The van der Waals surface area contributed by atoms with Crippen molar-refractivity contribution in [1.29, 1.82) is 0 Å². The number of nitrogens with zero attached hydrogens (tertiary/aromatic N) is 2. The fourth-order valence-electron chi connectivity index (χ4n) is 2.97. The topological polar surface area (TPSA) is 95.2 Å². The molecule has 1 aliphatic rings. The van der Waals surface area contributed by atoms with E-state index in [-0.39, 0.29) is 17.4 Å². The van der Waals surface area contributed by atoms with Gasteiger partial charge < -0.3 is 5.32 Å². The van der Waals surface area contributed by atoms with E-state index in [0.29, 0.717) is 35.2 Å². The van der Waals surface area contributed by atoms with Crippen LogP contribution >= 0.6 is 0 Å². The first-order valence-corrected chi connectivity index (χ1v) is 9.50. The molecule has 1 aromatic heterocycles. The second-order valence-corrected chi connectivity index (χ2v) is 7.88. The third-order valence-electron chi connectivity index (χ3n) is 4.18. The number of nitrogens with one attached hydrogen (secondary N) is 2. The van der Waals surface area contributed by atoms with Crippen LogP contribution in [-0.4, -0.2) is 36.8 Å². The van der Waals surface area contributed by atoms with Gasteiger partial charge in [0.2, 0.25) is 10.0 Å². The van der Waals surface area contributed by atoms with Gasteiger partial charge >= 0.3 is 0 Å². The summed E-state index contributed by atoms with van der Waals surface area (Å²) < 4.78 is 25.6. The van der Waals surface area contributed by atoms with E-state index >= 15 is 0 Å². The summed E-state index contributed by atoms with van der Waals surface area (Å²) in [5.41, 5.74) is 2.14. The molecular weight excluding hydrogens is 340 g/mol. The normalized spacial score (nSPS) is 16.2. The number of aromatic amines is 1. The number of hydrogen-bond acceptors (Lipinski definition) is 4. The summed E-state index contributed by atoms with van der Waals surface area (Å²) in [5, 5.41) is 10.3. The van der Waals surface area contributed by atoms with Crippen LogP contribution in [0.15, 0.2) is 48.5 Å². The lowest BCUT2D eigenvalue weighted by Crippen LogP contribution is -2.24. The number of rotatable bonds is 3. The number of H-pyrrole nitrogens is 1. The van der Waals surface area contributed by atoms with Crippen LogP contribution in [0.4, 0.5) is 11.4 Å². The van der Waals surface area contributed by atoms with E-state index in [9.17, 15) is 13.2 Å². The molecule has 8 heteroatoms. The molecule has 0 unspecified atom stereocenters. The predicted octanol–water partition coefficient (Wildman–Crippen LogP) is 2.36. The zero-order valence-corrected chi connectivity index (χ0v) is 14.1. The van der Waals surface area contributed by atoms with Crippen molar-refractivity contribution in [3.8, 4) is 0 Å². The van der Waals surface area contributed by atoms with Gasteiger partial charge in [0.05, 0.1) is 17.0 Å². The van der Waals surface area contributed by atoms with E-state index in [4.69, 9.17) is 0 Å². The smallest absolute Gasteiger partial charge is 0.276 e. The van der Waals surface area contributed by atoms with Crippen LogP contribution in [0.25, 0.3) is 10.9 Å². The lowest BCUT2D eigenvalue weighted by molar-refractivity contribution is 0.102. The number of aromatic nitrogens is 2. The largest absolute Gasteiger partial charge is 0.321 e. The molecule has 1 amide bonds. The Morgan fingerprint density at radius 3 is 2.68 bits per heavy atom. The van der Waals surface area contributed by atoms with E-state index in [1.165, 1.54) is 4.31 Å². The molecular formula is C17H16N4O3S. The maximum atomic E-state index is 12.5. The first-order valence-electron chi connectivity index (χ1n) is 7.89. The Kier molecular flexibility index (Phi) is 3.69. The third kappa shape index (κ3) is 2.85. The quantitative estimate of drug-likeness (QED) is 0.753. The second kappa shape index (κ2) is 5.89. The number of sulfonamides is 1. The Morgan fingerprint density at radius 1 is 1.16 bits per heavy atom. The van der Waals surface area contributed by atoms with Crippen LogP contribution in [0.3, 0.4) is 0 Å². The van der Waals surface area contributed by atoms with E-state index in [1.807, 2.05) is 18.2 Å². The molecule has 128 valence electrons. The molecule has 1 aliphatic heterocycles. The van der Waals surface area contributed by atoms with Gasteiger partial charge in [0.15, 0.2) is 5.69 Å². The van der Waals surface area contributed by atoms with Gasteiger partial charge in [-0.1, -0.05) is 18.2 Å². The fourth-order valence-corrected chi connectivity index (χ4v) is 4.53. The molecule has 1 fully saturated rings. The van der Waals surface area contributed by atoms with E-state index < -0.39 is 10.0 Å². The molecule has 0 atom stereocenters. The number of carbonyl (C=O) groups excluding carboxylic acids is 1. The first-order chi connectivity index (χ1) is 12.0. The average Bonchev–Trinajstić information content (AvgIpc) is 3.17. The highest BCUT2D eigenvalue weighted by atomic mass is 32.2. The van der Waals surface area contributed by atoms with Crippen LogP contribution in [0.5, 0.6) is 0 Å². The lowest BCUT2D eigenvalue weighted by Gasteiger charge is -2.16. The number of anilines is 2. The van der Waals surface area contributed by atoms with Crippen molar-refractivity contribution in [3.05, 3.63) is 54.2 Å².